The SMILES string of the molecule is CCCN(CC(=O)O)c1nc(C(C)(C)C)ns1. The Balaban J connectivity index is 2.87. The molecule has 0 aliphatic carbocycles. The molecule has 1 rings (SSSR count). The number of hydrogen-bond donors (Lipinski definition) is 1. The van der Waals surface area contributed by atoms with Gasteiger partial charge in [0.15, 0.2) is 0 Å². The fourth-order valence-electron chi connectivity index (χ4n) is 1.32. The molecule has 17 heavy (non-hydrogen) atoms. The number of hydrogen-bond acceptors (Lipinski definition) is 5. The number of aliphatic carboxylic acids is 1. The lowest BCUT2D eigenvalue weighted by Gasteiger charge is -2.18. The van der Waals surface area contributed by atoms with Gasteiger partial charge in [0.1, 0.15) is 12.4 Å². The highest BCUT2D eigenvalue weighted by molar-refractivity contribution is 7.09. The number of carboxylic acid groups (broad SMARTS) is 1. The standard InChI is InChI=1S/C11H19N3O2S/c1-5-6-14(7-8(15)16)10-12-9(13-17-10)11(2,3)4/h5-7H2,1-4H3,(H,15,16). The number of carbonyl (C=O) groups is 1. The lowest BCUT2D eigenvalue weighted by Crippen LogP contribution is -2.30. The zero-order valence-electron chi connectivity index (χ0n) is 10.7. The Morgan fingerprint density at radius 1 is 1.47 bits per heavy atom. The summed E-state index contributed by atoms with van der Waals surface area (Å²) in [6.07, 6.45) is 0.887. The molecule has 0 amide bonds. The highest BCUT2D eigenvalue weighted by atomic mass is 32.1. The van der Waals surface area contributed by atoms with E-state index in [1.807, 2.05) is 27.7 Å². The maximum absolute atomic E-state index is 10.8. The Kier molecular flexibility index (Phi) is 4.45. The molecule has 0 fully saturated rings. The fourth-order valence-corrected chi connectivity index (χ4v) is 2.21. The highest BCUT2D eigenvalue weighted by Gasteiger charge is 2.22. The van der Waals surface area contributed by atoms with Crippen LogP contribution in [-0.2, 0) is 10.2 Å². The van der Waals surface area contributed by atoms with Crippen molar-refractivity contribution in [2.45, 2.75) is 39.5 Å². The van der Waals surface area contributed by atoms with Crippen LogP contribution in [-0.4, -0.2) is 33.5 Å². The largest absolute Gasteiger partial charge is 0.480 e. The van der Waals surface area contributed by atoms with Gasteiger partial charge < -0.3 is 10.0 Å². The van der Waals surface area contributed by atoms with Crippen molar-refractivity contribution in [2.24, 2.45) is 0 Å². The molecule has 0 atom stereocenters. The summed E-state index contributed by atoms with van der Waals surface area (Å²) in [6.45, 7) is 8.80. The molecule has 0 bridgehead atoms. The van der Waals surface area contributed by atoms with Crippen molar-refractivity contribution in [3.8, 4) is 0 Å². The lowest BCUT2D eigenvalue weighted by atomic mass is 9.96. The number of anilines is 1. The summed E-state index contributed by atoms with van der Waals surface area (Å²) in [5, 5.41) is 9.55. The molecule has 0 saturated heterocycles. The molecule has 0 radical (unpaired) electrons. The van der Waals surface area contributed by atoms with Crippen LogP contribution in [0.3, 0.4) is 0 Å². The van der Waals surface area contributed by atoms with Crippen LogP contribution in [0.25, 0.3) is 0 Å². The van der Waals surface area contributed by atoms with Crippen molar-refractivity contribution in [1.29, 1.82) is 0 Å². The summed E-state index contributed by atoms with van der Waals surface area (Å²) in [4.78, 5) is 17.0. The van der Waals surface area contributed by atoms with Crippen LogP contribution in [0.5, 0.6) is 0 Å². The molecule has 1 aromatic rings. The van der Waals surface area contributed by atoms with Crippen LogP contribution in [0, 0.1) is 0 Å². The first-order chi connectivity index (χ1) is 7.84. The molecule has 0 aliphatic rings. The van der Waals surface area contributed by atoms with E-state index in [1.54, 1.807) is 4.90 Å². The van der Waals surface area contributed by atoms with Gasteiger partial charge in [0.25, 0.3) is 0 Å². The number of nitrogens with zero attached hydrogens (tertiary/aromatic N) is 3. The fraction of sp³-hybridized carbons (Fsp3) is 0.727. The zero-order valence-corrected chi connectivity index (χ0v) is 11.5. The van der Waals surface area contributed by atoms with Gasteiger partial charge in [-0.3, -0.25) is 4.79 Å². The monoisotopic (exact) mass is 257 g/mol. The van der Waals surface area contributed by atoms with Gasteiger partial charge in [-0.25, -0.2) is 4.98 Å². The summed E-state index contributed by atoms with van der Waals surface area (Å²) in [5.74, 6) is -0.0741. The van der Waals surface area contributed by atoms with Crippen molar-refractivity contribution >= 4 is 22.6 Å². The van der Waals surface area contributed by atoms with E-state index in [9.17, 15) is 4.79 Å². The van der Waals surface area contributed by atoms with Gasteiger partial charge in [0.2, 0.25) is 5.13 Å². The number of carboxylic acids is 1. The Bertz CT molecular complexity index is 384. The normalized spacial score (nSPS) is 11.5. The van der Waals surface area contributed by atoms with Gasteiger partial charge >= 0.3 is 5.97 Å². The van der Waals surface area contributed by atoms with Gasteiger partial charge in [0, 0.05) is 23.5 Å². The summed E-state index contributed by atoms with van der Waals surface area (Å²) in [5.41, 5.74) is -0.101. The van der Waals surface area contributed by atoms with E-state index >= 15 is 0 Å². The van der Waals surface area contributed by atoms with E-state index in [-0.39, 0.29) is 12.0 Å². The molecule has 96 valence electrons. The van der Waals surface area contributed by atoms with Crippen LogP contribution < -0.4 is 4.90 Å². The Morgan fingerprint density at radius 2 is 2.12 bits per heavy atom. The van der Waals surface area contributed by atoms with Crippen LogP contribution in [0.2, 0.25) is 0 Å². The van der Waals surface area contributed by atoms with E-state index in [1.165, 1.54) is 11.5 Å². The van der Waals surface area contributed by atoms with E-state index in [4.69, 9.17) is 5.11 Å². The van der Waals surface area contributed by atoms with E-state index in [0.29, 0.717) is 11.7 Å². The molecule has 1 aromatic heterocycles. The van der Waals surface area contributed by atoms with Crippen LogP contribution in [0.15, 0.2) is 0 Å². The molecule has 0 unspecified atom stereocenters. The van der Waals surface area contributed by atoms with Gasteiger partial charge in [-0.2, -0.15) is 4.37 Å². The maximum atomic E-state index is 10.8. The third-order valence-electron chi connectivity index (χ3n) is 2.18. The number of rotatable bonds is 5. The second-order valence-corrected chi connectivity index (χ2v) is 5.70. The first-order valence-electron chi connectivity index (χ1n) is 5.65. The van der Waals surface area contributed by atoms with Crippen LogP contribution >= 0.6 is 11.5 Å². The summed E-state index contributed by atoms with van der Waals surface area (Å²) in [7, 11) is 0. The second-order valence-electron chi connectivity index (χ2n) is 4.97. The van der Waals surface area contributed by atoms with Crippen molar-refractivity contribution in [2.75, 3.05) is 18.0 Å². The molecule has 0 spiro atoms. The lowest BCUT2D eigenvalue weighted by molar-refractivity contribution is -0.135. The average molecular weight is 257 g/mol. The predicted molar refractivity (Wildman–Crippen MR) is 68.7 cm³/mol. The zero-order chi connectivity index (χ0) is 13.1. The minimum atomic E-state index is -0.842. The molecule has 0 saturated carbocycles. The topological polar surface area (TPSA) is 66.3 Å². The first kappa shape index (κ1) is 13.9. The van der Waals surface area contributed by atoms with Crippen LogP contribution in [0.4, 0.5) is 5.13 Å². The third-order valence-corrected chi connectivity index (χ3v) is 2.95. The maximum Gasteiger partial charge on any atom is 0.323 e. The molecular formula is C11H19N3O2S. The van der Waals surface area contributed by atoms with Gasteiger partial charge in [-0.1, -0.05) is 27.7 Å². The van der Waals surface area contributed by atoms with Crippen molar-refractivity contribution in [1.82, 2.24) is 9.36 Å². The minimum Gasteiger partial charge on any atom is -0.480 e. The van der Waals surface area contributed by atoms with Gasteiger partial charge in [0.05, 0.1) is 0 Å². The molecule has 1 heterocycles. The summed E-state index contributed by atoms with van der Waals surface area (Å²) < 4.78 is 4.29. The molecule has 0 aromatic carbocycles. The van der Waals surface area contributed by atoms with E-state index in [0.717, 1.165) is 12.2 Å². The highest BCUT2D eigenvalue weighted by Crippen LogP contribution is 2.25. The van der Waals surface area contributed by atoms with Crippen LogP contribution in [0.1, 0.15) is 39.9 Å². The molecule has 6 heteroatoms. The summed E-state index contributed by atoms with van der Waals surface area (Å²) in [6, 6.07) is 0. The van der Waals surface area contributed by atoms with E-state index < -0.39 is 5.97 Å². The minimum absolute atomic E-state index is 0.0212. The smallest absolute Gasteiger partial charge is 0.323 e. The second kappa shape index (κ2) is 5.44. The first-order valence-corrected chi connectivity index (χ1v) is 6.43. The Labute approximate surface area is 106 Å². The molecule has 0 aliphatic heterocycles. The molecule has 1 N–H and O–H groups in total. The molecular weight excluding hydrogens is 238 g/mol. The average Bonchev–Trinajstić information content (AvgIpc) is 2.64. The van der Waals surface area contributed by atoms with Crippen molar-refractivity contribution in [3.05, 3.63) is 5.82 Å². The van der Waals surface area contributed by atoms with Gasteiger partial charge in [-0.15, -0.1) is 0 Å². The summed E-state index contributed by atoms with van der Waals surface area (Å²) >= 11 is 1.27. The Hall–Kier alpha value is -1.17. The third kappa shape index (κ3) is 3.96. The number of aromatic nitrogens is 2. The van der Waals surface area contributed by atoms with Crippen molar-refractivity contribution < 1.29 is 9.90 Å². The van der Waals surface area contributed by atoms with Gasteiger partial charge in [-0.05, 0) is 6.42 Å². The van der Waals surface area contributed by atoms with E-state index in [2.05, 4.69) is 9.36 Å². The Morgan fingerprint density at radius 3 is 2.53 bits per heavy atom. The van der Waals surface area contributed by atoms with Crippen molar-refractivity contribution in [3.63, 3.8) is 0 Å². The quantitative estimate of drug-likeness (QED) is 0.875. The molecule has 5 nitrogen and oxygen atoms in total. The predicted octanol–water partition coefficient (Wildman–Crippen LogP) is 2.14.